The monoisotopic (exact) mass is 296 g/mol. The molecule has 3 atom stereocenters. The minimum absolute atomic E-state index is 0.0165. The van der Waals surface area contributed by atoms with E-state index in [-0.39, 0.29) is 29.8 Å². The molecule has 0 spiro atoms. The summed E-state index contributed by atoms with van der Waals surface area (Å²) in [6, 6.07) is -0.661. The van der Waals surface area contributed by atoms with E-state index < -0.39 is 0 Å². The molecule has 2 amide bonds. The fourth-order valence-electron chi connectivity index (χ4n) is 3.27. The minimum Gasteiger partial charge on any atom is -0.381 e. The zero-order valence-corrected chi connectivity index (χ0v) is 13.4. The SMILES string of the molecule is CCC1NC(=O)C(C(C)CC)N(CC2CCOCC2)C1=O. The second-order valence-electron chi connectivity index (χ2n) is 6.35. The third kappa shape index (κ3) is 3.57. The molecule has 120 valence electrons. The van der Waals surface area contributed by atoms with Crippen LogP contribution in [-0.2, 0) is 14.3 Å². The number of carbonyl (C=O) groups is 2. The van der Waals surface area contributed by atoms with Gasteiger partial charge in [-0.05, 0) is 31.1 Å². The summed E-state index contributed by atoms with van der Waals surface area (Å²) >= 11 is 0. The van der Waals surface area contributed by atoms with Crippen molar-refractivity contribution in [1.29, 1.82) is 0 Å². The molecule has 0 aromatic carbocycles. The van der Waals surface area contributed by atoms with Crippen molar-refractivity contribution in [3.05, 3.63) is 0 Å². The Kier molecular flexibility index (Phi) is 5.62. The third-order valence-electron chi connectivity index (χ3n) is 4.89. The maximum Gasteiger partial charge on any atom is 0.245 e. The Balaban J connectivity index is 2.15. The van der Waals surface area contributed by atoms with Crippen LogP contribution < -0.4 is 5.32 Å². The number of ether oxygens (including phenoxy) is 1. The summed E-state index contributed by atoms with van der Waals surface area (Å²) in [7, 11) is 0. The summed E-state index contributed by atoms with van der Waals surface area (Å²) < 4.78 is 5.39. The fraction of sp³-hybridized carbons (Fsp3) is 0.875. The van der Waals surface area contributed by atoms with Crippen LogP contribution in [0, 0.1) is 11.8 Å². The lowest BCUT2D eigenvalue weighted by atomic mass is 9.90. The standard InChI is InChI=1S/C16H28N2O3/c1-4-11(3)14-15(19)17-13(5-2)16(20)18(14)10-12-6-8-21-9-7-12/h11-14H,4-10H2,1-3H3,(H,17,19). The summed E-state index contributed by atoms with van der Waals surface area (Å²) in [4.78, 5) is 27.0. The molecule has 2 fully saturated rings. The van der Waals surface area contributed by atoms with Crippen molar-refractivity contribution in [2.45, 2.75) is 58.5 Å². The Morgan fingerprint density at radius 3 is 2.52 bits per heavy atom. The van der Waals surface area contributed by atoms with Crippen molar-refractivity contribution in [2.24, 2.45) is 11.8 Å². The number of hydrogen-bond acceptors (Lipinski definition) is 3. The van der Waals surface area contributed by atoms with E-state index in [0.29, 0.717) is 18.9 Å². The molecule has 0 radical (unpaired) electrons. The van der Waals surface area contributed by atoms with Gasteiger partial charge in [-0.25, -0.2) is 0 Å². The molecule has 1 N–H and O–H groups in total. The molecule has 0 aliphatic carbocycles. The highest BCUT2D eigenvalue weighted by molar-refractivity contribution is 5.97. The maximum atomic E-state index is 12.7. The highest BCUT2D eigenvalue weighted by atomic mass is 16.5. The highest BCUT2D eigenvalue weighted by Gasteiger charge is 2.42. The van der Waals surface area contributed by atoms with Crippen LogP contribution in [0.3, 0.4) is 0 Å². The molecule has 2 rings (SSSR count). The van der Waals surface area contributed by atoms with Gasteiger partial charge in [0.05, 0.1) is 0 Å². The van der Waals surface area contributed by atoms with E-state index in [1.807, 2.05) is 11.8 Å². The number of hydrogen-bond donors (Lipinski definition) is 1. The molecule has 2 aliphatic heterocycles. The largest absolute Gasteiger partial charge is 0.381 e. The molecule has 0 bridgehead atoms. The van der Waals surface area contributed by atoms with Crippen molar-refractivity contribution in [3.8, 4) is 0 Å². The van der Waals surface area contributed by atoms with Crippen LogP contribution in [0.5, 0.6) is 0 Å². The first kappa shape index (κ1) is 16.3. The van der Waals surface area contributed by atoms with Crippen molar-refractivity contribution in [3.63, 3.8) is 0 Å². The van der Waals surface area contributed by atoms with Crippen LogP contribution in [0.25, 0.3) is 0 Å². The highest BCUT2D eigenvalue weighted by Crippen LogP contribution is 2.25. The van der Waals surface area contributed by atoms with E-state index in [9.17, 15) is 9.59 Å². The van der Waals surface area contributed by atoms with Gasteiger partial charge in [0, 0.05) is 19.8 Å². The molecule has 2 heterocycles. The van der Waals surface area contributed by atoms with Gasteiger partial charge in [-0.15, -0.1) is 0 Å². The first-order valence-electron chi connectivity index (χ1n) is 8.27. The summed E-state index contributed by atoms with van der Waals surface area (Å²) in [6.45, 7) is 8.30. The molecule has 0 saturated carbocycles. The molecule has 2 aliphatic rings. The van der Waals surface area contributed by atoms with Gasteiger partial charge in [-0.2, -0.15) is 0 Å². The molecule has 2 saturated heterocycles. The number of rotatable bonds is 5. The van der Waals surface area contributed by atoms with Crippen molar-refractivity contribution < 1.29 is 14.3 Å². The van der Waals surface area contributed by atoms with E-state index in [4.69, 9.17) is 4.74 Å². The molecule has 0 aromatic rings. The second kappa shape index (κ2) is 7.25. The van der Waals surface area contributed by atoms with Gasteiger partial charge in [0.25, 0.3) is 0 Å². The average Bonchev–Trinajstić information content (AvgIpc) is 2.51. The predicted molar refractivity (Wildman–Crippen MR) is 80.7 cm³/mol. The Morgan fingerprint density at radius 2 is 1.95 bits per heavy atom. The molecular formula is C16H28N2O3. The number of nitrogens with zero attached hydrogens (tertiary/aromatic N) is 1. The average molecular weight is 296 g/mol. The number of nitrogens with one attached hydrogen (secondary N) is 1. The number of carbonyl (C=O) groups excluding carboxylic acids is 2. The maximum absolute atomic E-state index is 12.7. The van der Waals surface area contributed by atoms with E-state index in [2.05, 4.69) is 19.2 Å². The Bertz CT molecular complexity index is 380. The van der Waals surface area contributed by atoms with Crippen LogP contribution in [0.15, 0.2) is 0 Å². The lowest BCUT2D eigenvalue weighted by Gasteiger charge is -2.43. The van der Waals surface area contributed by atoms with Gasteiger partial charge in [0.1, 0.15) is 12.1 Å². The van der Waals surface area contributed by atoms with E-state index in [1.165, 1.54) is 0 Å². The quantitative estimate of drug-likeness (QED) is 0.837. The lowest BCUT2D eigenvalue weighted by molar-refractivity contribution is -0.152. The number of piperazine rings is 1. The summed E-state index contributed by atoms with van der Waals surface area (Å²) in [5, 5.41) is 2.89. The van der Waals surface area contributed by atoms with Gasteiger partial charge in [0.2, 0.25) is 11.8 Å². The van der Waals surface area contributed by atoms with Crippen LogP contribution in [-0.4, -0.2) is 48.6 Å². The van der Waals surface area contributed by atoms with Crippen LogP contribution in [0.4, 0.5) is 0 Å². The van der Waals surface area contributed by atoms with Gasteiger partial charge in [-0.3, -0.25) is 9.59 Å². The topological polar surface area (TPSA) is 58.6 Å². The van der Waals surface area contributed by atoms with Gasteiger partial charge < -0.3 is 15.0 Å². The summed E-state index contributed by atoms with van der Waals surface area (Å²) in [5.74, 6) is 0.751. The fourth-order valence-corrected chi connectivity index (χ4v) is 3.27. The van der Waals surface area contributed by atoms with E-state index in [1.54, 1.807) is 0 Å². The van der Waals surface area contributed by atoms with E-state index in [0.717, 1.165) is 32.5 Å². The van der Waals surface area contributed by atoms with E-state index >= 15 is 0 Å². The normalized spacial score (nSPS) is 29.4. The molecule has 3 unspecified atom stereocenters. The predicted octanol–water partition coefficient (Wildman–Crippen LogP) is 1.56. The van der Waals surface area contributed by atoms with Gasteiger partial charge in [0.15, 0.2) is 0 Å². The van der Waals surface area contributed by atoms with Crippen molar-refractivity contribution >= 4 is 11.8 Å². The van der Waals surface area contributed by atoms with Crippen LogP contribution in [0.1, 0.15) is 46.5 Å². The second-order valence-corrected chi connectivity index (χ2v) is 6.35. The zero-order valence-electron chi connectivity index (χ0n) is 13.4. The smallest absolute Gasteiger partial charge is 0.245 e. The molecule has 5 heteroatoms. The molecule has 21 heavy (non-hydrogen) atoms. The third-order valence-corrected chi connectivity index (χ3v) is 4.89. The zero-order chi connectivity index (χ0) is 15.4. The molecular weight excluding hydrogens is 268 g/mol. The Hall–Kier alpha value is -1.10. The Morgan fingerprint density at radius 1 is 1.29 bits per heavy atom. The first-order chi connectivity index (χ1) is 10.1. The first-order valence-corrected chi connectivity index (χ1v) is 8.27. The molecule has 5 nitrogen and oxygen atoms in total. The molecule has 0 aromatic heterocycles. The van der Waals surface area contributed by atoms with Gasteiger partial charge in [-0.1, -0.05) is 27.2 Å². The van der Waals surface area contributed by atoms with Crippen molar-refractivity contribution in [1.82, 2.24) is 10.2 Å². The van der Waals surface area contributed by atoms with Crippen molar-refractivity contribution in [2.75, 3.05) is 19.8 Å². The summed E-state index contributed by atoms with van der Waals surface area (Å²) in [5.41, 5.74) is 0. The summed E-state index contributed by atoms with van der Waals surface area (Å²) in [6.07, 6.45) is 3.51. The van der Waals surface area contributed by atoms with Crippen LogP contribution >= 0.6 is 0 Å². The van der Waals surface area contributed by atoms with Gasteiger partial charge >= 0.3 is 0 Å². The number of amides is 2. The van der Waals surface area contributed by atoms with Crippen LogP contribution in [0.2, 0.25) is 0 Å². The Labute approximate surface area is 127 Å². The lowest BCUT2D eigenvalue weighted by Crippen LogP contribution is -2.65. The minimum atomic E-state index is -0.349.